The monoisotopic (exact) mass is 426 g/mol. The number of ether oxygens (including phenoxy) is 1. The number of fused-ring (bicyclic) bond motifs is 1. The van der Waals surface area contributed by atoms with Gasteiger partial charge in [-0.05, 0) is 48.0 Å². The molecule has 0 aromatic heterocycles. The zero-order chi connectivity index (χ0) is 18.4. The molecule has 3 rings (SSSR count). The van der Waals surface area contributed by atoms with Gasteiger partial charge in [-0.1, -0.05) is 17.7 Å². The maximum Gasteiger partial charge on any atom is 0.263 e. The maximum atomic E-state index is 12.8. The van der Waals surface area contributed by atoms with Crippen molar-refractivity contribution < 1.29 is 18.3 Å². The highest BCUT2D eigenvalue weighted by molar-refractivity contribution is 9.10. The van der Waals surface area contributed by atoms with Gasteiger partial charge in [-0.3, -0.25) is 4.72 Å². The van der Waals surface area contributed by atoms with E-state index in [2.05, 4.69) is 20.7 Å². The fourth-order valence-corrected chi connectivity index (χ4v) is 4.76. The van der Waals surface area contributed by atoms with E-state index >= 15 is 0 Å². The van der Waals surface area contributed by atoms with E-state index in [-0.39, 0.29) is 4.90 Å². The van der Waals surface area contributed by atoms with Crippen molar-refractivity contribution >= 4 is 37.3 Å². The van der Waals surface area contributed by atoms with Gasteiger partial charge in [0.15, 0.2) is 6.23 Å². The van der Waals surface area contributed by atoms with Gasteiger partial charge in [0.25, 0.3) is 10.0 Å². The van der Waals surface area contributed by atoms with Crippen LogP contribution in [0.15, 0.2) is 45.8 Å². The second-order valence-corrected chi connectivity index (χ2v) is 8.57. The first kappa shape index (κ1) is 18.0. The Kier molecular flexibility index (Phi) is 4.70. The van der Waals surface area contributed by atoms with E-state index in [1.807, 2.05) is 19.1 Å². The van der Waals surface area contributed by atoms with Crippen LogP contribution in [0.2, 0.25) is 0 Å². The number of likely N-dealkylation sites (N-methyl/N-ethyl adjacent to an activating group) is 1. The second-order valence-electron chi connectivity index (χ2n) is 6.07. The van der Waals surface area contributed by atoms with Gasteiger partial charge >= 0.3 is 0 Å². The molecule has 0 radical (unpaired) electrons. The van der Waals surface area contributed by atoms with Crippen molar-refractivity contribution in [3.63, 3.8) is 0 Å². The first-order valence-electron chi connectivity index (χ1n) is 7.69. The SMILES string of the molecule is Cc1ccc(NS(=O)(=O)c2cc3c(cc2Br)N(C)C(O)C(C)O3)cc1. The lowest BCUT2D eigenvalue weighted by atomic mass is 10.2. The van der Waals surface area contributed by atoms with E-state index in [0.717, 1.165) is 5.56 Å². The number of sulfonamides is 1. The Hall–Kier alpha value is -1.77. The summed E-state index contributed by atoms with van der Waals surface area (Å²) in [7, 11) is -2.07. The Morgan fingerprint density at radius 1 is 1.24 bits per heavy atom. The van der Waals surface area contributed by atoms with Crippen LogP contribution in [0.1, 0.15) is 12.5 Å². The van der Waals surface area contributed by atoms with Gasteiger partial charge in [0.2, 0.25) is 0 Å². The standard InChI is InChI=1S/C17H19BrN2O4S/c1-10-4-6-12(7-5-10)19-25(22,23)16-9-15-14(8-13(16)18)20(3)17(21)11(2)24-15/h4-9,11,17,19,21H,1-3H3. The summed E-state index contributed by atoms with van der Waals surface area (Å²) in [5.74, 6) is 0.410. The normalized spacial score (nSPS) is 20.0. The van der Waals surface area contributed by atoms with Gasteiger partial charge < -0.3 is 14.7 Å². The Balaban J connectivity index is 2.00. The highest BCUT2D eigenvalue weighted by atomic mass is 79.9. The summed E-state index contributed by atoms with van der Waals surface area (Å²) < 4.78 is 34.1. The quantitative estimate of drug-likeness (QED) is 0.787. The molecular weight excluding hydrogens is 408 g/mol. The van der Waals surface area contributed by atoms with E-state index in [9.17, 15) is 13.5 Å². The van der Waals surface area contributed by atoms with Gasteiger partial charge in [0.1, 0.15) is 16.7 Å². The summed E-state index contributed by atoms with van der Waals surface area (Å²) in [5.41, 5.74) is 2.14. The number of halogens is 1. The van der Waals surface area contributed by atoms with Crippen LogP contribution in [-0.4, -0.2) is 32.9 Å². The smallest absolute Gasteiger partial charge is 0.263 e. The molecule has 1 aliphatic heterocycles. The molecule has 1 heterocycles. The summed E-state index contributed by atoms with van der Waals surface area (Å²) in [4.78, 5) is 1.72. The largest absolute Gasteiger partial charge is 0.484 e. The van der Waals surface area contributed by atoms with Crippen LogP contribution in [0.4, 0.5) is 11.4 Å². The molecule has 0 saturated carbocycles. The fourth-order valence-electron chi connectivity index (χ4n) is 2.65. The van der Waals surface area contributed by atoms with Gasteiger partial charge in [-0.25, -0.2) is 8.42 Å². The molecule has 2 N–H and O–H groups in total. The lowest BCUT2D eigenvalue weighted by Gasteiger charge is -2.37. The van der Waals surface area contributed by atoms with Crippen molar-refractivity contribution in [1.82, 2.24) is 0 Å². The van der Waals surface area contributed by atoms with E-state index < -0.39 is 22.4 Å². The molecule has 0 bridgehead atoms. The topological polar surface area (TPSA) is 78.9 Å². The Labute approximate surface area is 155 Å². The van der Waals surface area contributed by atoms with E-state index in [1.54, 1.807) is 37.1 Å². The van der Waals surface area contributed by atoms with Gasteiger partial charge in [-0.2, -0.15) is 0 Å². The number of aryl methyl sites for hydroxylation is 1. The molecule has 0 amide bonds. The first-order chi connectivity index (χ1) is 11.7. The zero-order valence-corrected chi connectivity index (χ0v) is 16.4. The maximum absolute atomic E-state index is 12.8. The third kappa shape index (κ3) is 3.47. The molecule has 2 aromatic carbocycles. The third-order valence-electron chi connectivity index (χ3n) is 4.12. The predicted molar refractivity (Wildman–Crippen MR) is 101 cm³/mol. The molecule has 1 aliphatic rings. The van der Waals surface area contributed by atoms with Gasteiger partial charge in [0, 0.05) is 23.3 Å². The number of rotatable bonds is 3. The van der Waals surface area contributed by atoms with Crippen LogP contribution in [0, 0.1) is 6.92 Å². The number of nitrogens with one attached hydrogen (secondary N) is 1. The average molecular weight is 427 g/mol. The molecule has 8 heteroatoms. The highest BCUT2D eigenvalue weighted by Crippen LogP contribution is 2.40. The highest BCUT2D eigenvalue weighted by Gasteiger charge is 2.31. The van der Waals surface area contributed by atoms with Crippen molar-refractivity contribution in [2.24, 2.45) is 0 Å². The Morgan fingerprint density at radius 3 is 2.52 bits per heavy atom. The molecule has 0 spiro atoms. The lowest BCUT2D eigenvalue weighted by Crippen LogP contribution is -2.46. The van der Waals surface area contributed by atoms with Crippen LogP contribution >= 0.6 is 15.9 Å². The average Bonchev–Trinajstić information content (AvgIpc) is 2.55. The van der Waals surface area contributed by atoms with Gasteiger partial charge in [0.05, 0.1) is 5.69 Å². The number of nitrogens with zero attached hydrogens (tertiary/aromatic N) is 1. The van der Waals surface area contributed by atoms with Crippen LogP contribution in [-0.2, 0) is 10.0 Å². The number of hydrogen-bond donors (Lipinski definition) is 2. The van der Waals surface area contributed by atoms with Crippen LogP contribution in [0.25, 0.3) is 0 Å². The van der Waals surface area contributed by atoms with Crippen LogP contribution < -0.4 is 14.4 Å². The minimum absolute atomic E-state index is 0.0730. The molecule has 0 aliphatic carbocycles. The van der Waals surface area contributed by atoms with Crippen molar-refractivity contribution in [3.05, 3.63) is 46.4 Å². The summed E-state index contributed by atoms with van der Waals surface area (Å²) >= 11 is 3.32. The number of anilines is 2. The minimum Gasteiger partial charge on any atom is -0.484 e. The molecule has 6 nitrogen and oxygen atoms in total. The number of benzene rings is 2. The molecule has 2 unspecified atom stereocenters. The zero-order valence-electron chi connectivity index (χ0n) is 14.0. The fraction of sp³-hybridized carbons (Fsp3) is 0.294. The molecular formula is C17H19BrN2O4S. The second kappa shape index (κ2) is 6.51. The number of hydrogen-bond acceptors (Lipinski definition) is 5. The van der Waals surface area contributed by atoms with Crippen LogP contribution in [0.3, 0.4) is 0 Å². The van der Waals surface area contributed by atoms with E-state index in [4.69, 9.17) is 4.74 Å². The van der Waals surface area contributed by atoms with E-state index in [0.29, 0.717) is 21.6 Å². The first-order valence-corrected chi connectivity index (χ1v) is 9.97. The van der Waals surface area contributed by atoms with Crippen molar-refractivity contribution in [3.8, 4) is 5.75 Å². The molecule has 0 fully saturated rings. The summed E-state index contributed by atoms with van der Waals surface area (Å²) in [6.45, 7) is 3.66. The van der Waals surface area contributed by atoms with E-state index in [1.165, 1.54) is 6.07 Å². The van der Waals surface area contributed by atoms with Gasteiger partial charge in [-0.15, -0.1) is 0 Å². The molecule has 0 saturated heterocycles. The number of aliphatic hydroxyl groups is 1. The Bertz CT molecular complexity index is 900. The molecule has 2 atom stereocenters. The summed E-state index contributed by atoms with van der Waals surface area (Å²) in [5, 5.41) is 10.1. The third-order valence-corrected chi connectivity index (χ3v) is 6.46. The minimum atomic E-state index is -3.80. The predicted octanol–water partition coefficient (Wildman–Crippen LogP) is 3.09. The van der Waals surface area contributed by atoms with Crippen molar-refractivity contribution in [1.29, 1.82) is 0 Å². The molecule has 25 heavy (non-hydrogen) atoms. The lowest BCUT2D eigenvalue weighted by molar-refractivity contribution is 0.0363. The van der Waals surface area contributed by atoms with Crippen molar-refractivity contribution in [2.75, 3.05) is 16.7 Å². The molecule has 2 aromatic rings. The van der Waals surface area contributed by atoms with Crippen LogP contribution in [0.5, 0.6) is 5.75 Å². The number of aliphatic hydroxyl groups excluding tert-OH is 1. The van der Waals surface area contributed by atoms with Crippen molar-refractivity contribution in [2.45, 2.75) is 31.1 Å². The Morgan fingerprint density at radius 2 is 1.88 bits per heavy atom. The summed E-state index contributed by atoms with van der Waals surface area (Å²) in [6.07, 6.45) is -1.27. The summed E-state index contributed by atoms with van der Waals surface area (Å²) in [6, 6.07) is 10.2. The molecule has 134 valence electrons.